The van der Waals surface area contributed by atoms with E-state index in [9.17, 15) is 4.79 Å². The van der Waals surface area contributed by atoms with Crippen molar-refractivity contribution in [1.29, 1.82) is 0 Å². The minimum absolute atomic E-state index is 0.155. The van der Waals surface area contributed by atoms with Crippen molar-refractivity contribution in [2.24, 2.45) is 0 Å². The predicted octanol–water partition coefficient (Wildman–Crippen LogP) is 5.92. The highest BCUT2D eigenvalue weighted by atomic mass is 16.4. The first-order chi connectivity index (χ1) is 14.7. The lowest BCUT2D eigenvalue weighted by Gasteiger charge is -2.26. The largest absolute Gasteiger partial charge is 0.455 e. The van der Waals surface area contributed by atoms with Gasteiger partial charge in [0.15, 0.2) is 5.76 Å². The van der Waals surface area contributed by atoms with Crippen LogP contribution >= 0.6 is 0 Å². The highest BCUT2D eigenvalue weighted by molar-refractivity contribution is 5.91. The Labute approximate surface area is 186 Å². The third-order valence-electron chi connectivity index (χ3n) is 5.48. The van der Waals surface area contributed by atoms with Gasteiger partial charge in [0, 0.05) is 19.1 Å². The fraction of sp³-hybridized carbons (Fsp3) is 0.370. The number of nitrogens with zero attached hydrogens (tertiary/aromatic N) is 1. The minimum Gasteiger partial charge on any atom is -0.455 e. The molecule has 0 aliphatic rings. The van der Waals surface area contributed by atoms with Gasteiger partial charge in [0.05, 0.1) is 6.54 Å². The molecule has 0 bridgehead atoms. The molecule has 2 aromatic carbocycles. The van der Waals surface area contributed by atoms with E-state index in [1.54, 1.807) is 6.07 Å². The molecular weight excluding hydrogens is 384 g/mol. The van der Waals surface area contributed by atoms with Crippen LogP contribution in [0.25, 0.3) is 0 Å². The zero-order valence-corrected chi connectivity index (χ0v) is 19.3. The van der Waals surface area contributed by atoms with E-state index in [0.29, 0.717) is 24.9 Å². The summed E-state index contributed by atoms with van der Waals surface area (Å²) < 4.78 is 5.86. The topological polar surface area (TPSA) is 45.5 Å². The molecule has 1 heterocycles. The third-order valence-corrected chi connectivity index (χ3v) is 5.48. The van der Waals surface area contributed by atoms with Crippen LogP contribution in [0.1, 0.15) is 67.6 Å². The number of hydrogen-bond donors (Lipinski definition) is 1. The molecule has 1 N–H and O–H groups in total. The molecule has 1 amide bonds. The van der Waals surface area contributed by atoms with Gasteiger partial charge in [-0.3, -0.25) is 9.69 Å². The molecule has 0 aliphatic carbocycles. The zero-order chi connectivity index (χ0) is 22.4. The molecule has 0 aliphatic heterocycles. The fourth-order valence-electron chi connectivity index (χ4n) is 3.42. The van der Waals surface area contributed by atoms with E-state index >= 15 is 0 Å². The standard InChI is InChI=1S/C27H34N2O2/c1-20(2)29(18-22-11-13-23(14-12-22)27(3,4)5)19-24-15-16-25(31-24)26(30)28-17-21-9-7-6-8-10-21/h6-16,20H,17-19H2,1-5H3,(H,28,30). The summed E-state index contributed by atoms with van der Waals surface area (Å²) in [5.41, 5.74) is 3.83. The summed E-state index contributed by atoms with van der Waals surface area (Å²) in [5.74, 6) is 0.956. The highest BCUT2D eigenvalue weighted by Gasteiger charge is 2.17. The highest BCUT2D eigenvalue weighted by Crippen LogP contribution is 2.23. The van der Waals surface area contributed by atoms with Crippen LogP contribution in [0.3, 0.4) is 0 Å². The molecule has 0 fully saturated rings. The summed E-state index contributed by atoms with van der Waals surface area (Å²) in [6, 6.07) is 22.7. The van der Waals surface area contributed by atoms with Crippen LogP contribution < -0.4 is 5.32 Å². The Morgan fingerprint density at radius 3 is 2.19 bits per heavy atom. The van der Waals surface area contributed by atoms with Crippen molar-refractivity contribution in [3.8, 4) is 0 Å². The Balaban J connectivity index is 1.60. The Morgan fingerprint density at radius 2 is 1.58 bits per heavy atom. The van der Waals surface area contributed by atoms with Gasteiger partial charge in [0.25, 0.3) is 5.91 Å². The normalized spacial score (nSPS) is 11.8. The number of benzene rings is 2. The van der Waals surface area contributed by atoms with Crippen molar-refractivity contribution in [3.63, 3.8) is 0 Å². The zero-order valence-electron chi connectivity index (χ0n) is 19.3. The van der Waals surface area contributed by atoms with Crippen molar-refractivity contribution in [2.75, 3.05) is 0 Å². The second-order valence-corrected chi connectivity index (χ2v) is 9.38. The summed E-state index contributed by atoms with van der Waals surface area (Å²) in [7, 11) is 0. The number of carbonyl (C=O) groups is 1. The first-order valence-electron chi connectivity index (χ1n) is 11.0. The number of nitrogens with one attached hydrogen (secondary N) is 1. The van der Waals surface area contributed by atoms with Crippen LogP contribution in [0, 0.1) is 0 Å². The molecule has 0 spiro atoms. The number of rotatable bonds is 8. The van der Waals surface area contributed by atoms with Gasteiger partial charge in [-0.15, -0.1) is 0 Å². The number of amides is 1. The minimum atomic E-state index is -0.191. The molecule has 4 nitrogen and oxygen atoms in total. The summed E-state index contributed by atoms with van der Waals surface area (Å²) in [5, 5.41) is 2.92. The van der Waals surface area contributed by atoms with Crippen molar-refractivity contribution in [1.82, 2.24) is 10.2 Å². The Kier molecular flexibility index (Phi) is 7.34. The van der Waals surface area contributed by atoms with Crippen molar-refractivity contribution >= 4 is 5.91 Å². The van der Waals surface area contributed by atoms with Crippen LogP contribution in [0.4, 0.5) is 0 Å². The maximum atomic E-state index is 12.4. The lowest BCUT2D eigenvalue weighted by atomic mass is 9.87. The molecule has 3 aromatic rings. The van der Waals surface area contributed by atoms with Gasteiger partial charge in [-0.2, -0.15) is 0 Å². The van der Waals surface area contributed by atoms with Crippen LogP contribution in [0.15, 0.2) is 71.1 Å². The van der Waals surface area contributed by atoms with E-state index in [-0.39, 0.29) is 11.3 Å². The molecule has 0 unspecified atom stereocenters. The lowest BCUT2D eigenvalue weighted by Crippen LogP contribution is -2.29. The van der Waals surface area contributed by atoms with E-state index in [2.05, 4.69) is 69.1 Å². The predicted molar refractivity (Wildman–Crippen MR) is 126 cm³/mol. The van der Waals surface area contributed by atoms with E-state index in [1.165, 1.54) is 11.1 Å². The SMILES string of the molecule is CC(C)N(Cc1ccc(C(C)(C)C)cc1)Cc1ccc(C(=O)NCc2ccccc2)o1. The first kappa shape index (κ1) is 22.8. The van der Waals surface area contributed by atoms with Crippen LogP contribution in [-0.4, -0.2) is 16.8 Å². The third kappa shape index (κ3) is 6.56. The van der Waals surface area contributed by atoms with Gasteiger partial charge in [-0.25, -0.2) is 0 Å². The van der Waals surface area contributed by atoms with Gasteiger partial charge in [0.1, 0.15) is 5.76 Å². The first-order valence-corrected chi connectivity index (χ1v) is 11.0. The summed E-state index contributed by atoms with van der Waals surface area (Å²) in [4.78, 5) is 14.8. The molecule has 0 saturated carbocycles. The molecule has 0 saturated heterocycles. The van der Waals surface area contributed by atoms with Gasteiger partial charge in [-0.1, -0.05) is 75.4 Å². The molecule has 4 heteroatoms. The molecule has 3 rings (SSSR count). The number of carbonyl (C=O) groups excluding carboxylic acids is 1. The average molecular weight is 419 g/mol. The van der Waals surface area contributed by atoms with Gasteiger partial charge >= 0.3 is 0 Å². The fourth-order valence-corrected chi connectivity index (χ4v) is 3.42. The van der Waals surface area contributed by atoms with Gasteiger partial charge in [-0.05, 0) is 48.1 Å². The maximum Gasteiger partial charge on any atom is 0.287 e. The Bertz CT molecular complexity index is 966. The second kappa shape index (κ2) is 9.97. The van der Waals surface area contributed by atoms with Crippen LogP contribution in [0.2, 0.25) is 0 Å². The number of furan rings is 1. The number of hydrogen-bond acceptors (Lipinski definition) is 3. The summed E-state index contributed by atoms with van der Waals surface area (Å²) in [6.07, 6.45) is 0. The van der Waals surface area contributed by atoms with Crippen molar-refractivity contribution in [2.45, 2.75) is 65.7 Å². The van der Waals surface area contributed by atoms with Crippen LogP contribution in [0.5, 0.6) is 0 Å². The molecule has 31 heavy (non-hydrogen) atoms. The maximum absolute atomic E-state index is 12.4. The van der Waals surface area contributed by atoms with Crippen molar-refractivity contribution in [3.05, 3.63) is 94.9 Å². The van der Waals surface area contributed by atoms with E-state index in [0.717, 1.165) is 17.9 Å². The van der Waals surface area contributed by atoms with Gasteiger partial charge < -0.3 is 9.73 Å². The average Bonchev–Trinajstić information content (AvgIpc) is 3.21. The summed E-state index contributed by atoms with van der Waals surface area (Å²) >= 11 is 0. The molecular formula is C27H34N2O2. The quantitative estimate of drug-likeness (QED) is 0.494. The molecule has 1 aromatic heterocycles. The second-order valence-electron chi connectivity index (χ2n) is 9.38. The van der Waals surface area contributed by atoms with E-state index in [1.807, 2.05) is 36.4 Å². The monoisotopic (exact) mass is 418 g/mol. The molecule has 0 atom stereocenters. The van der Waals surface area contributed by atoms with Gasteiger partial charge in [0.2, 0.25) is 0 Å². The van der Waals surface area contributed by atoms with E-state index < -0.39 is 0 Å². The van der Waals surface area contributed by atoms with E-state index in [4.69, 9.17) is 4.42 Å². The van der Waals surface area contributed by atoms with Crippen LogP contribution in [-0.2, 0) is 25.0 Å². The smallest absolute Gasteiger partial charge is 0.287 e. The Morgan fingerprint density at radius 1 is 0.903 bits per heavy atom. The summed E-state index contributed by atoms with van der Waals surface area (Å²) in [6.45, 7) is 13.0. The van der Waals surface area contributed by atoms with Crippen molar-refractivity contribution < 1.29 is 9.21 Å². The molecule has 164 valence electrons. The Hall–Kier alpha value is -2.85. The molecule has 0 radical (unpaired) electrons. The lowest BCUT2D eigenvalue weighted by molar-refractivity contribution is 0.0917.